The van der Waals surface area contributed by atoms with E-state index in [1.54, 1.807) is 0 Å². The summed E-state index contributed by atoms with van der Waals surface area (Å²) in [5.74, 6) is 6.07. The van der Waals surface area contributed by atoms with E-state index in [-0.39, 0.29) is 17.9 Å². The fourth-order valence-electron chi connectivity index (χ4n) is 1.54. The molecule has 14 heavy (non-hydrogen) atoms. The molecule has 1 unspecified atom stereocenters. The lowest BCUT2D eigenvalue weighted by Gasteiger charge is -2.21. The van der Waals surface area contributed by atoms with Crippen molar-refractivity contribution in [1.29, 1.82) is 0 Å². The van der Waals surface area contributed by atoms with Crippen LogP contribution in [0.4, 0.5) is 0 Å². The van der Waals surface area contributed by atoms with Crippen LogP contribution in [0.1, 0.15) is 41.0 Å². The predicted octanol–water partition coefficient (Wildman–Crippen LogP) is 3.62. The van der Waals surface area contributed by atoms with E-state index in [2.05, 4.69) is 19.7 Å². The van der Waals surface area contributed by atoms with Crippen LogP contribution in [0.3, 0.4) is 0 Å². The third-order valence-electron chi connectivity index (χ3n) is 2.35. The Balaban J connectivity index is 0.00000169. The topological polar surface area (TPSA) is 17.1 Å². The van der Waals surface area contributed by atoms with Gasteiger partial charge in [0, 0.05) is 12.0 Å². The quantitative estimate of drug-likeness (QED) is 0.642. The van der Waals surface area contributed by atoms with E-state index < -0.39 is 0 Å². The zero-order valence-corrected chi connectivity index (χ0v) is 9.54. The SMILES string of the molecule is C.C=S1CCC(=O)C(C)=C1CC(C)C. The lowest BCUT2D eigenvalue weighted by Crippen LogP contribution is -2.11. The summed E-state index contributed by atoms with van der Waals surface area (Å²) >= 11 is 0. The van der Waals surface area contributed by atoms with Crippen LogP contribution < -0.4 is 0 Å². The Bertz CT molecular complexity index is 274. The standard InChI is InChI=1S/C11H18OS.CH4/c1-8(2)7-11-9(3)10(12)5-6-13(11)4;/h8H,4-7H2,1-3H3;1H4. The van der Waals surface area contributed by atoms with E-state index >= 15 is 0 Å². The smallest absolute Gasteiger partial charge is 0.160 e. The van der Waals surface area contributed by atoms with Crippen molar-refractivity contribution >= 4 is 22.1 Å². The second kappa shape index (κ2) is 5.50. The van der Waals surface area contributed by atoms with Crippen molar-refractivity contribution < 1.29 is 4.79 Å². The van der Waals surface area contributed by atoms with Crippen molar-refractivity contribution in [3.8, 4) is 0 Å². The second-order valence-electron chi connectivity index (χ2n) is 4.02. The fraction of sp³-hybridized carbons (Fsp3) is 0.667. The first-order chi connectivity index (χ1) is 6.02. The van der Waals surface area contributed by atoms with Gasteiger partial charge in [0.1, 0.15) is 0 Å². The van der Waals surface area contributed by atoms with Gasteiger partial charge >= 0.3 is 0 Å². The summed E-state index contributed by atoms with van der Waals surface area (Å²) in [6, 6.07) is 0. The van der Waals surface area contributed by atoms with Gasteiger partial charge in [-0.25, -0.2) is 0 Å². The first-order valence-electron chi connectivity index (χ1n) is 4.76. The number of hydrogen-bond donors (Lipinski definition) is 0. The van der Waals surface area contributed by atoms with Crippen LogP contribution >= 0.6 is 10.5 Å². The number of carbonyl (C=O) groups is 1. The molecule has 1 nitrogen and oxygen atoms in total. The van der Waals surface area contributed by atoms with Crippen LogP contribution in [0, 0.1) is 5.92 Å². The van der Waals surface area contributed by atoms with Crippen LogP contribution in [0.25, 0.3) is 0 Å². The van der Waals surface area contributed by atoms with E-state index in [1.807, 2.05) is 6.92 Å². The summed E-state index contributed by atoms with van der Waals surface area (Å²) in [6.45, 7) is 6.34. The lowest BCUT2D eigenvalue weighted by molar-refractivity contribution is -0.115. The summed E-state index contributed by atoms with van der Waals surface area (Å²) in [7, 11) is 0.109. The number of Topliss-reactive ketones (excluding diaryl/α,β-unsaturated/α-hetero) is 1. The molecule has 0 fully saturated rings. The Morgan fingerprint density at radius 3 is 2.57 bits per heavy atom. The molecule has 1 atom stereocenters. The van der Waals surface area contributed by atoms with E-state index in [0.29, 0.717) is 18.1 Å². The molecule has 1 rings (SSSR count). The Labute approximate surface area is 90.5 Å². The van der Waals surface area contributed by atoms with Gasteiger partial charge in [0.15, 0.2) is 5.78 Å². The van der Waals surface area contributed by atoms with Crippen molar-refractivity contribution in [3.63, 3.8) is 0 Å². The van der Waals surface area contributed by atoms with Gasteiger partial charge < -0.3 is 0 Å². The molecular weight excluding hydrogens is 192 g/mol. The number of allylic oxidation sites excluding steroid dienone is 2. The normalized spacial score (nSPS) is 22.6. The molecular formula is C12H22OS. The maximum absolute atomic E-state index is 11.5. The number of carbonyl (C=O) groups excluding carboxylic acids is 1. The van der Waals surface area contributed by atoms with Gasteiger partial charge in [-0.3, -0.25) is 4.79 Å². The molecule has 0 N–H and O–H groups in total. The largest absolute Gasteiger partial charge is 0.295 e. The highest BCUT2D eigenvalue weighted by molar-refractivity contribution is 8.17. The van der Waals surface area contributed by atoms with Crippen molar-refractivity contribution in [2.75, 3.05) is 5.75 Å². The number of ketones is 1. The highest BCUT2D eigenvalue weighted by atomic mass is 32.2. The molecule has 1 heterocycles. The summed E-state index contributed by atoms with van der Waals surface area (Å²) in [6.07, 6.45) is 1.75. The molecule has 0 amide bonds. The minimum atomic E-state index is 0. The summed E-state index contributed by atoms with van der Waals surface area (Å²) in [5, 5.41) is 0. The van der Waals surface area contributed by atoms with E-state index in [0.717, 1.165) is 17.7 Å². The molecule has 0 aromatic carbocycles. The van der Waals surface area contributed by atoms with Crippen LogP contribution in [0.15, 0.2) is 10.5 Å². The van der Waals surface area contributed by atoms with Gasteiger partial charge in [-0.1, -0.05) is 27.1 Å². The highest BCUT2D eigenvalue weighted by Gasteiger charge is 2.19. The average Bonchev–Trinajstić information content (AvgIpc) is 2.05. The second-order valence-corrected chi connectivity index (χ2v) is 5.90. The fourth-order valence-corrected chi connectivity index (χ4v) is 3.33. The van der Waals surface area contributed by atoms with Gasteiger partial charge in [0.2, 0.25) is 0 Å². The van der Waals surface area contributed by atoms with E-state index in [4.69, 9.17) is 0 Å². The molecule has 0 aliphatic carbocycles. The van der Waals surface area contributed by atoms with Gasteiger partial charge in [0.25, 0.3) is 0 Å². The van der Waals surface area contributed by atoms with Crippen LogP contribution in [-0.2, 0) is 4.79 Å². The van der Waals surface area contributed by atoms with Crippen LogP contribution in [-0.4, -0.2) is 17.4 Å². The third kappa shape index (κ3) is 3.09. The zero-order valence-electron chi connectivity index (χ0n) is 8.72. The summed E-state index contributed by atoms with van der Waals surface area (Å²) in [5.41, 5.74) is 0.998. The highest BCUT2D eigenvalue weighted by Crippen LogP contribution is 2.36. The number of rotatable bonds is 2. The predicted molar refractivity (Wildman–Crippen MR) is 68.1 cm³/mol. The average molecular weight is 214 g/mol. The van der Waals surface area contributed by atoms with E-state index in [1.165, 1.54) is 4.91 Å². The van der Waals surface area contributed by atoms with Crippen molar-refractivity contribution in [2.24, 2.45) is 5.92 Å². The zero-order chi connectivity index (χ0) is 10.0. The van der Waals surface area contributed by atoms with Crippen molar-refractivity contribution in [2.45, 2.75) is 41.0 Å². The minimum absolute atomic E-state index is 0. The molecule has 2 heteroatoms. The molecule has 0 aromatic heterocycles. The molecule has 1 aliphatic rings. The maximum Gasteiger partial charge on any atom is 0.160 e. The molecule has 0 bridgehead atoms. The molecule has 0 radical (unpaired) electrons. The number of hydrogen-bond acceptors (Lipinski definition) is 1. The Hall–Kier alpha value is -0.370. The lowest BCUT2D eigenvalue weighted by atomic mass is 10.0. The minimum Gasteiger partial charge on any atom is -0.295 e. The first kappa shape index (κ1) is 13.6. The molecule has 0 saturated carbocycles. The Morgan fingerprint density at radius 1 is 1.50 bits per heavy atom. The third-order valence-corrected chi connectivity index (χ3v) is 4.22. The van der Waals surface area contributed by atoms with Gasteiger partial charge in [-0.05, 0) is 29.9 Å². The first-order valence-corrected chi connectivity index (χ1v) is 6.32. The molecule has 1 aliphatic heterocycles. The molecule has 0 aromatic rings. The van der Waals surface area contributed by atoms with Crippen LogP contribution in [0.2, 0.25) is 0 Å². The molecule has 0 saturated heterocycles. The van der Waals surface area contributed by atoms with Gasteiger partial charge in [-0.2, -0.15) is 10.5 Å². The molecule has 0 spiro atoms. The Morgan fingerprint density at radius 2 is 2.07 bits per heavy atom. The van der Waals surface area contributed by atoms with E-state index in [9.17, 15) is 4.79 Å². The molecule has 82 valence electrons. The Kier molecular flexibility index (Phi) is 5.35. The summed E-state index contributed by atoms with van der Waals surface area (Å²) in [4.78, 5) is 12.8. The van der Waals surface area contributed by atoms with Crippen molar-refractivity contribution in [3.05, 3.63) is 10.5 Å². The van der Waals surface area contributed by atoms with Gasteiger partial charge in [0.05, 0.1) is 0 Å². The van der Waals surface area contributed by atoms with Gasteiger partial charge in [-0.15, -0.1) is 0 Å². The van der Waals surface area contributed by atoms with Crippen LogP contribution in [0.5, 0.6) is 0 Å². The maximum atomic E-state index is 11.5. The summed E-state index contributed by atoms with van der Waals surface area (Å²) < 4.78 is 0. The monoisotopic (exact) mass is 214 g/mol. The van der Waals surface area contributed by atoms with Crippen molar-refractivity contribution in [1.82, 2.24) is 0 Å².